The van der Waals surface area contributed by atoms with Gasteiger partial charge in [0.25, 0.3) is 5.91 Å². The highest BCUT2D eigenvalue weighted by atomic mass is 16.3. The van der Waals surface area contributed by atoms with Crippen molar-refractivity contribution in [3.63, 3.8) is 0 Å². The Kier molecular flexibility index (Phi) is 3.76. The molecule has 2 N–H and O–H groups in total. The van der Waals surface area contributed by atoms with Crippen molar-refractivity contribution in [2.45, 2.75) is 31.6 Å². The van der Waals surface area contributed by atoms with Crippen molar-refractivity contribution < 1.29 is 15.0 Å². The molecule has 1 fully saturated rings. The molecule has 2 rings (SSSR count). The van der Waals surface area contributed by atoms with E-state index in [1.54, 1.807) is 4.90 Å². The quantitative estimate of drug-likeness (QED) is 0.786. The second kappa shape index (κ2) is 5.29. The highest BCUT2D eigenvalue weighted by molar-refractivity contribution is 5.81. The molecule has 1 amide bonds. The maximum atomic E-state index is 11.9. The normalized spacial score (nSPS) is 25.8. The minimum atomic E-state index is -1.28. The van der Waals surface area contributed by atoms with Gasteiger partial charge in [-0.15, -0.1) is 0 Å². The van der Waals surface area contributed by atoms with Gasteiger partial charge in [-0.05, 0) is 18.4 Å². The second-order valence-corrected chi connectivity index (χ2v) is 4.40. The number of aliphatic hydroxyl groups excluding tert-OH is 2. The van der Waals surface area contributed by atoms with Crippen LogP contribution in [0.1, 0.15) is 18.4 Å². The van der Waals surface area contributed by atoms with Gasteiger partial charge in [-0.3, -0.25) is 4.79 Å². The van der Waals surface area contributed by atoms with Gasteiger partial charge in [-0.1, -0.05) is 30.3 Å². The molecule has 17 heavy (non-hydrogen) atoms. The molecule has 0 unspecified atom stereocenters. The summed E-state index contributed by atoms with van der Waals surface area (Å²) in [4.78, 5) is 13.5. The van der Waals surface area contributed by atoms with Crippen LogP contribution in [0.2, 0.25) is 0 Å². The predicted molar refractivity (Wildman–Crippen MR) is 63.1 cm³/mol. The number of carbonyl (C=O) groups is 1. The first-order valence-corrected chi connectivity index (χ1v) is 5.87. The molecule has 2 atom stereocenters. The Bertz CT molecular complexity index is 380. The molecule has 4 heteroatoms. The molecule has 1 aliphatic rings. The number of amides is 1. The molecule has 1 aromatic rings. The van der Waals surface area contributed by atoms with Gasteiger partial charge in [0.05, 0.1) is 6.10 Å². The first-order chi connectivity index (χ1) is 8.18. The van der Waals surface area contributed by atoms with E-state index in [4.69, 9.17) is 0 Å². The van der Waals surface area contributed by atoms with E-state index in [-0.39, 0.29) is 5.91 Å². The Hall–Kier alpha value is -1.39. The average Bonchev–Trinajstić information content (AvgIpc) is 2.46. The number of benzene rings is 1. The third-order valence-corrected chi connectivity index (χ3v) is 3.07. The maximum absolute atomic E-state index is 11.9. The Labute approximate surface area is 100 Å². The number of nitrogens with zero attached hydrogens (tertiary/aromatic N) is 1. The van der Waals surface area contributed by atoms with E-state index in [2.05, 4.69) is 0 Å². The number of aliphatic hydroxyl groups is 2. The average molecular weight is 235 g/mol. The molecule has 1 aliphatic heterocycles. The molecule has 92 valence electrons. The lowest BCUT2D eigenvalue weighted by Gasteiger charge is -2.23. The first-order valence-electron chi connectivity index (χ1n) is 5.87. The predicted octanol–water partition coefficient (Wildman–Crippen LogP) is 0.531. The minimum absolute atomic E-state index is 0.376. The molecular formula is C13H17NO3. The summed E-state index contributed by atoms with van der Waals surface area (Å²) in [6, 6.07) is 9.65. The van der Waals surface area contributed by atoms with E-state index in [9.17, 15) is 15.0 Å². The topological polar surface area (TPSA) is 60.8 Å². The van der Waals surface area contributed by atoms with Crippen molar-refractivity contribution in [3.05, 3.63) is 35.9 Å². The summed E-state index contributed by atoms with van der Waals surface area (Å²) in [6.45, 7) is 1.07. The molecule has 4 nitrogen and oxygen atoms in total. The Morgan fingerprint density at radius 2 is 1.94 bits per heavy atom. The largest absolute Gasteiger partial charge is 0.390 e. The summed E-state index contributed by atoms with van der Waals surface area (Å²) in [5.74, 6) is -0.376. The maximum Gasteiger partial charge on any atom is 0.254 e. The number of hydrogen-bond donors (Lipinski definition) is 2. The van der Waals surface area contributed by atoms with E-state index >= 15 is 0 Å². The van der Waals surface area contributed by atoms with Crippen molar-refractivity contribution >= 4 is 5.91 Å². The molecule has 1 heterocycles. The van der Waals surface area contributed by atoms with E-state index in [0.717, 1.165) is 12.0 Å². The fraction of sp³-hybridized carbons (Fsp3) is 0.462. The van der Waals surface area contributed by atoms with E-state index in [0.29, 0.717) is 19.5 Å². The van der Waals surface area contributed by atoms with Crippen LogP contribution >= 0.6 is 0 Å². The van der Waals surface area contributed by atoms with Gasteiger partial charge in [-0.2, -0.15) is 0 Å². The van der Waals surface area contributed by atoms with Gasteiger partial charge in [0.2, 0.25) is 0 Å². The summed E-state index contributed by atoms with van der Waals surface area (Å²) in [5.41, 5.74) is 1.03. The van der Waals surface area contributed by atoms with Crippen molar-refractivity contribution in [3.8, 4) is 0 Å². The standard InChI is InChI=1S/C13H17NO3/c15-11-7-4-8-14(13(17)12(11)16)9-10-5-2-1-3-6-10/h1-3,5-6,11-12,15-16H,4,7-9H2/t11-,12-/m0/s1. The number of rotatable bonds is 2. The van der Waals surface area contributed by atoms with E-state index in [1.807, 2.05) is 30.3 Å². The van der Waals surface area contributed by atoms with Crippen LogP contribution < -0.4 is 0 Å². The van der Waals surface area contributed by atoms with Gasteiger partial charge in [0, 0.05) is 13.1 Å². The highest BCUT2D eigenvalue weighted by Crippen LogP contribution is 2.15. The van der Waals surface area contributed by atoms with Crippen molar-refractivity contribution in [2.75, 3.05) is 6.54 Å². The summed E-state index contributed by atoms with van der Waals surface area (Å²) in [6.07, 6.45) is -1.01. The number of carbonyl (C=O) groups excluding carboxylic acids is 1. The van der Waals surface area contributed by atoms with Crippen LogP contribution in [-0.4, -0.2) is 39.8 Å². The zero-order chi connectivity index (χ0) is 12.3. The van der Waals surface area contributed by atoms with Crippen molar-refractivity contribution in [1.29, 1.82) is 0 Å². The van der Waals surface area contributed by atoms with Gasteiger partial charge in [0.15, 0.2) is 6.10 Å². The van der Waals surface area contributed by atoms with Gasteiger partial charge >= 0.3 is 0 Å². The fourth-order valence-electron chi connectivity index (χ4n) is 2.07. The van der Waals surface area contributed by atoms with E-state index < -0.39 is 12.2 Å². The molecule has 1 aromatic carbocycles. The highest BCUT2D eigenvalue weighted by Gasteiger charge is 2.31. The molecule has 0 radical (unpaired) electrons. The third-order valence-electron chi connectivity index (χ3n) is 3.07. The van der Waals surface area contributed by atoms with Crippen LogP contribution in [0.5, 0.6) is 0 Å². The van der Waals surface area contributed by atoms with Crippen LogP contribution in [0.15, 0.2) is 30.3 Å². The molecule has 0 spiro atoms. The van der Waals surface area contributed by atoms with Gasteiger partial charge in [0.1, 0.15) is 0 Å². The molecule has 0 saturated carbocycles. The summed E-state index contributed by atoms with van der Waals surface area (Å²) in [5, 5.41) is 19.1. The van der Waals surface area contributed by atoms with Gasteiger partial charge < -0.3 is 15.1 Å². The van der Waals surface area contributed by atoms with Gasteiger partial charge in [-0.25, -0.2) is 0 Å². The van der Waals surface area contributed by atoms with Crippen LogP contribution in [0.3, 0.4) is 0 Å². The smallest absolute Gasteiger partial charge is 0.254 e. The molecular weight excluding hydrogens is 218 g/mol. The Morgan fingerprint density at radius 3 is 2.65 bits per heavy atom. The Balaban J connectivity index is 2.07. The minimum Gasteiger partial charge on any atom is -0.390 e. The first kappa shape index (κ1) is 12.1. The lowest BCUT2D eigenvalue weighted by Crippen LogP contribution is -2.41. The number of hydrogen-bond acceptors (Lipinski definition) is 3. The second-order valence-electron chi connectivity index (χ2n) is 4.40. The summed E-state index contributed by atoms with van der Waals surface area (Å²) >= 11 is 0. The van der Waals surface area contributed by atoms with Crippen LogP contribution in [0, 0.1) is 0 Å². The molecule has 1 saturated heterocycles. The third kappa shape index (κ3) is 2.84. The van der Waals surface area contributed by atoms with Crippen molar-refractivity contribution in [1.82, 2.24) is 4.90 Å². The van der Waals surface area contributed by atoms with Crippen LogP contribution in [0.25, 0.3) is 0 Å². The lowest BCUT2D eigenvalue weighted by atomic mass is 10.1. The molecule has 0 aliphatic carbocycles. The monoisotopic (exact) mass is 235 g/mol. The SMILES string of the molecule is O=C1[C@@H](O)[C@@H](O)CCCN1Cc1ccccc1. The van der Waals surface area contributed by atoms with Crippen LogP contribution in [-0.2, 0) is 11.3 Å². The Morgan fingerprint density at radius 1 is 1.24 bits per heavy atom. The molecule has 0 aromatic heterocycles. The summed E-state index contributed by atoms with van der Waals surface area (Å²) < 4.78 is 0. The van der Waals surface area contributed by atoms with Crippen molar-refractivity contribution in [2.24, 2.45) is 0 Å². The lowest BCUT2D eigenvalue weighted by molar-refractivity contribution is -0.144. The zero-order valence-corrected chi connectivity index (χ0v) is 9.62. The fourth-order valence-corrected chi connectivity index (χ4v) is 2.07. The molecule has 0 bridgehead atoms. The van der Waals surface area contributed by atoms with E-state index in [1.165, 1.54) is 0 Å². The van der Waals surface area contributed by atoms with Crippen LogP contribution in [0.4, 0.5) is 0 Å². The number of likely N-dealkylation sites (tertiary alicyclic amines) is 1. The zero-order valence-electron chi connectivity index (χ0n) is 9.62. The summed E-state index contributed by atoms with van der Waals surface area (Å²) in [7, 11) is 0.